The minimum atomic E-state index is -4.45. The van der Waals surface area contributed by atoms with Crippen LogP contribution in [-0.2, 0) is 12.6 Å². The van der Waals surface area contributed by atoms with Gasteiger partial charge in [0.2, 0.25) is 0 Å². The van der Waals surface area contributed by atoms with Crippen LogP contribution in [0.3, 0.4) is 0 Å². The highest BCUT2D eigenvalue weighted by atomic mass is 19.4. The van der Waals surface area contributed by atoms with Crippen LogP contribution in [0.15, 0.2) is 48.5 Å². The van der Waals surface area contributed by atoms with E-state index in [9.17, 15) is 18.0 Å². The number of methoxy groups -OCH3 is 1. The topological polar surface area (TPSA) is 67.0 Å². The third kappa shape index (κ3) is 4.00. The number of hydrogen-bond acceptors (Lipinski definition) is 3. The number of nitrogens with one attached hydrogen (secondary N) is 2. The average Bonchev–Trinajstić information content (AvgIpc) is 3.10. The standard InChI is InChI=1S/C20H18F3N3O2/c1-3-16-18(17(26-25-16)12-6-10-15(28-2)11-7-12)24-19(27)13-4-8-14(9-5-13)20(21,22)23/h4-11H,3H2,1-2H3,(H,24,27)(H,25,26). The Morgan fingerprint density at radius 2 is 1.75 bits per heavy atom. The van der Waals surface area contributed by atoms with Crippen molar-refractivity contribution in [3.63, 3.8) is 0 Å². The molecule has 1 heterocycles. The molecule has 0 unspecified atom stereocenters. The fourth-order valence-electron chi connectivity index (χ4n) is 2.72. The molecular formula is C20H18F3N3O2. The van der Waals surface area contributed by atoms with Crippen molar-refractivity contribution < 1.29 is 22.7 Å². The lowest BCUT2D eigenvalue weighted by Gasteiger charge is -2.10. The molecule has 0 aliphatic carbocycles. The fraction of sp³-hybridized carbons (Fsp3) is 0.200. The summed E-state index contributed by atoms with van der Waals surface area (Å²) < 4.78 is 43.2. The van der Waals surface area contributed by atoms with Crippen molar-refractivity contribution in [3.8, 4) is 17.0 Å². The number of hydrogen-bond donors (Lipinski definition) is 2. The van der Waals surface area contributed by atoms with Crippen LogP contribution in [-0.4, -0.2) is 23.2 Å². The number of nitrogens with zero attached hydrogens (tertiary/aromatic N) is 1. The first-order valence-corrected chi connectivity index (χ1v) is 8.53. The molecule has 1 amide bonds. The van der Waals surface area contributed by atoms with E-state index in [1.54, 1.807) is 19.2 Å². The smallest absolute Gasteiger partial charge is 0.416 e. The molecule has 3 aromatic rings. The van der Waals surface area contributed by atoms with Gasteiger partial charge in [0.05, 0.1) is 24.1 Å². The average molecular weight is 389 g/mol. The predicted octanol–water partition coefficient (Wildman–Crippen LogP) is 4.92. The quantitative estimate of drug-likeness (QED) is 0.651. The van der Waals surface area contributed by atoms with Crippen LogP contribution in [0, 0.1) is 0 Å². The molecule has 0 radical (unpaired) electrons. The Balaban J connectivity index is 1.88. The Labute approximate surface area is 159 Å². The molecule has 5 nitrogen and oxygen atoms in total. The lowest BCUT2D eigenvalue weighted by atomic mass is 10.1. The fourth-order valence-corrected chi connectivity index (χ4v) is 2.72. The summed E-state index contributed by atoms with van der Waals surface area (Å²) >= 11 is 0. The van der Waals surface area contributed by atoms with Crippen LogP contribution >= 0.6 is 0 Å². The number of aromatic nitrogens is 2. The largest absolute Gasteiger partial charge is 0.497 e. The maximum absolute atomic E-state index is 12.7. The summed E-state index contributed by atoms with van der Waals surface area (Å²) in [7, 11) is 1.56. The number of amides is 1. The van der Waals surface area contributed by atoms with Crippen LogP contribution < -0.4 is 10.1 Å². The molecule has 0 atom stereocenters. The Morgan fingerprint density at radius 3 is 2.29 bits per heavy atom. The molecule has 0 fully saturated rings. The summed E-state index contributed by atoms with van der Waals surface area (Å²) in [5, 5.41) is 9.94. The molecule has 0 aliphatic rings. The highest BCUT2D eigenvalue weighted by Crippen LogP contribution is 2.32. The zero-order valence-corrected chi connectivity index (χ0v) is 15.2. The third-order valence-electron chi connectivity index (χ3n) is 4.27. The number of halogens is 3. The van der Waals surface area contributed by atoms with E-state index in [0.717, 1.165) is 29.8 Å². The SMILES string of the molecule is CCc1[nH]nc(-c2ccc(OC)cc2)c1NC(=O)c1ccc(C(F)(F)F)cc1. The van der Waals surface area contributed by atoms with E-state index in [4.69, 9.17) is 4.74 Å². The second-order valence-electron chi connectivity index (χ2n) is 6.04. The van der Waals surface area contributed by atoms with Gasteiger partial charge in [0.1, 0.15) is 11.4 Å². The van der Waals surface area contributed by atoms with Crippen molar-refractivity contribution in [2.75, 3.05) is 12.4 Å². The van der Waals surface area contributed by atoms with E-state index in [-0.39, 0.29) is 5.56 Å². The highest BCUT2D eigenvalue weighted by Gasteiger charge is 2.30. The van der Waals surface area contributed by atoms with E-state index < -0.39 is 17.6 Å². The molecule has 0 bridgehead atoms. The van der Waals surface area contributed by atoms with E-state index in [0.29, 0.717) is 29.2 Å². The number of aromatic amines is 1. The number of carbonyl (C=O) groups is 1. The van der Waals surface area contributed by atoms with E-state index in [2.05, 4.69) is 15.5 Å². The zero-order valence-electron chi connectivity index (χ0n) is 15.2. The Hall–Kier alpha value is -3.29. The lowest BCUT2D eigenvalue weighted by molar-refractivity contribution is -0.137. The molecule has 0 spiro atoms. The van der Waals surface area contributed by atoms with Gasteiger partial charge in [-0.05, 0) is 55.0 Å². The van der Waals surface area contributed by atoms with Crippen molar-refractivity contribution in [1.82, 2.24) is 10.2 Å². The first-order chi connectivity index (χ1) is 13.3. The van der Waals surface area contributed by atoms with Crippen LogP contribution in [0.4, 0.5) is 18.9 Å². The molecule has 0 saturated carbocycles. The number of anilines is 1. The molecule has 146 valence electrons. The normalized spacial score (nSPS) is 11.3. The maximum atomic E-state index is 12.7. The van der Waals surface area contributed by atoms with Gasteiger partial charge in [-0.3, -0.25) is 9.89 Å². The summed E-state index contributed by atoms with van der Waals surface area (Å²) in [5.41, 5.74) is 1.83. The van der Waals surface area contributed by atoms with Gasteiger partial charge >= 0.3 is 6.18 Å². The first kappa shape index (κ1) is 19.5. The number of H-pyrrole nitrogens is 1. The number of alkyl halides is 3. The van der Waals surface area contributed by atoms with Crippen molar-refractivity contribution in [2.24, 2.45) is 0 Å². The number of ether oxygens (including phenoxy) is 1. The molecule has 8 heteroatoms. The summed E-state index contributed by atoms with van der Waals surface area (Å²) in [6, 6.07) is 11.2. The van der Waals surface area contributed by atoms with Crippen molar-refractivity contribution >= 4 is 11.6 Å². The van der Waals surface area contributed by atoms with Crippen molar-refractivity contribution in [1.29, 1.82) is 0 Å². The van der Waals surface area contributed by atoms with Gasteiger partial charge in [-0.1, -0.05) is 6.92 Å². The van der Waals surface area contributed by atoms with Gasteiger partial charge in [-0.25, -0.2) is 0 Å². The second kappa shape index (κ2) is 7.75. The molecule has 1 aromatic heterocycles. The highest BCUT2D eigenvalue weighted by molar-refractivity contribution is 6.06. The molecule has 28 heavy (non-hydrogen) atoms. The van der Waals surface area contributed by atoms with Gasteiger partial charge in [-0.2, -0.15) is 18.3 Å². The van der Waals surface area contributed by atoms with Gasteiger partial charge < -0.3 is 10.1 Å². The molecule has 2 aromatic carbocycles. The van der Waals surface area contributed by atoms with Crippen LogP contribution in [0.25, 0.3) is 11.3 Å². The van der Waals surface area contributed by atoms with Crippen LogP contribution in [0.2, 0.25) is 0 Å². The summed E-state index contributed by atoms with van der Waals surface area (Å²) in [4.78, 5) is 12.6. The Morgan fingerprint density at radius 1 is 1.11 bits per heavy atom. The molecule has 3 rings (SSSR count). The van der Waals surface area contributed by atoms with Crippen LogP contribution in [0.5, 0.6) is 5.75 Å². The molecular weight excluding hydrogens is 371 g/mol. The van der Waals surface area contributed by atoms with Gasteiger partial charge in [0.15, 0.2) is 0 Å². The number of carbonyl (C=O) groups excluding carboxylic acids is 1. The first-order valence-electron chi connectivity index (χ1n) is 8.53. The Kier molecular flexibility index (Phi) is 5.39. The van der Waals surface area contributed by atoms with Crippen LogP contribution in [0.1, 0.15) is 28.5 Å². The van der Waals surface area contributed by atoms with Crippen molar-refractivity contribution in [2.45, 2.75) is 19.5 Å². The Bertz CT molecular complexity index is 962. The summed E-state index contributed by atoms with van der Waals surface area (Å²) in [6.07, 6.45) is -3.86. The number of aryl methyl sites for hydroxylation is 1. The molecule has 0 saturated heterocycles. The minimum absolute atomic E-state index is 0.122. The monoisotopic (exact) mass is 389 g/mol. The number of rotatable bonds is 5. The minimum Gasteiger partial charge on any atom is -0.497 e. The van der Waals surface area contributed by atoms with Gasteiger partial charge in [0.25, 0.3) is 5.91 Å². The number of benzene rings is 2. The van der Waals surface area contributed by atoms with E-state index >= 15 is 0 Å². The third-order valence-corrected chi connectivity index (χ3v) is 4.27. The zero-order chi connectivity index (χ0) is 20.3. The molecule has 0 aliphatic heterocycles. The van der Waals surface area contributed by atoms with Gasteiger partial charge in [-0.15, -0.1) is 0 Å². The van der Waals surface area contributed by atoms with E-state index in [1.807, 2.05) is 19.1 Å². The lowest BCUT2D eigenvalue weighted by Crippen LogP contribution is -2.14. The summed E-state index contributed by atoms with van der Waals surface area (Å²) in [5.74, 6) is 0.171. The van der Waals surface area contributed by atoms with Gasteiger partial charge in [0, 0.05) is 11.1 Å². The predicted molar refractivity (Wildman–Crippen MR) is 99.4 cm³/mol. The maximum Gasteiger partial charge on any atom is 0.416 e. The van der Waals surface area contributed by atoms with Crippen molar-refractivity contribution in [3.05, 3.63) is 65.4 Å². The van der Waals surface area contributed by atoms with E-state index in [1.165, 1.54) is 0 Å². The molecule has 2 N–H and O–H groups in total. The second-order valence-corrected chi connectivity index (χ2v) is 6.04. The summed E-state index contributed by atoms with van der Waals surface area (Å²) in [6.45, 7) is 1.90.